The molecule has 4 rings (SSSR count). The molecule has 29 heavy (non-hydrogen) atoms. The Morgan fingerprint density at radius 1 is 1.21 bits per heavy atom. The first-order valence-corrected chi connectivity index (χ1v) is 10.4. The van der Waals surface area contributed by atoms with Crippen LogP contribution in [0.4, 0.5) is 0 Å². The SMILES string of the molecule is CC(=O)N1CCc2nc(C3CCCN3C(=O)CCCc3ccccn3)ncc2C1. The van der Waals surface area contributed by atoms with E-state index in [9.17, 15) is 9.59 Å². The Morgan fingerprint density at radius 3 is 2.90 bits per heavy atom. The highest BCUT2D eigenvalue weighted by molar-refractivity contribution is 5.77. The molecule has 0 radical (unpaired) electrons. The van der Waals surface area contributed by atoms with E-state index in [0.29, 0.717) is 19.5 Å². The summed E-state index contributed by atoms with van der Waals surface area (Å²) < 4.78 is 0. The maximum Gasteiger partial charge on any atom is 0.223 e. The quantitative estimate of drug-likeness (QED) is 0.780. The van der Waals surface area contributed by atoms with Crippen molar-refractivity contribution in [1.29, 1.82) is 0 Å². The van der Waals surface area contributed by atoms with Gasteiger partial charge in [-0.1, -0.05) is 6.07 Å². The number of nitrogens with zero attached hydrogens (tertiary/aromatic N) is 5. The summed E-state index contributed by atoms with van der Waals surface area (Å²) in [6.07, 6.45) is 8.39. The Hall–Kier alpha value is -2.83. The van der Waals surface area contributed by atoms with E-state index < -0.39 is 0 Å². The number of rotatable bonds is 5. The minimum atomic E-state index is -0.0338. The zero-order chi connectivity index (χ0) is 20.2. The lowest BCUT2D eigenvalue weighted by Gasteiger charge is -2.28. The number of amides is 2. The number of fused-ring (bicyclic) bond motifs is 1. The van der Waals surface area contributed by atoms with E-state index in [1.165, 1.54) is 0 Å². The average Bonchev–Trinajstić information content (AvgIpc) is 3.23. The maximum absolute atomic E-state index is 12.8. The Bertz CT molecular complexity index is 886. The van der Waals surface area contributed by atoms with Crippen LogP contribution in [0.5, 0.6) is 0 Å². The summed E-state index contributed by atoms with van der Waals surface area (Å²) in [4.78, 5) is 41.9. The number of pyridine rings is 1. The fourth-order valence-electron chi connectivity index (χ4n) is 4.20. The number of aryl methyl sites for hydroxylation is 1. The Balaban J connectivity index is 1.39. The van der Waals surface area contributed by atoms with Crippen molar-refractivity contribution >= 4 is 11.8 Å². The molecule has 7 heteroatoms. The molecule has 0 aromatic carbocycles. The summed E-state index contributed by atoms with van der Waals surface area (Å²) in [5.41, 5.74) is 3.05. The molecule has 0 saturated carbocycles. The lowest BCUT2D eigenvalue weighted by atomic mass is 10.1. The normalized spacial score (nSPS) is 18.6. The highest BCUT2D eigenvalue weighted by Gasteiger charge is 2.32. The molecule has 2 aromatic heterocycles. The molecule has 1 atom stereocenters. The Kier molecular flexibility index (Phi) is 5.83. The van der Waals surface area contributed by atoms with Gasteiger partial charge in [-0.25, -0.2) is 9.97 Å². The Labute approximate surface area is 171 Å². The van der Waals surface area contributed by atoms with Crippen LogP contribution in [0.2, 0.25) is 0 Å². The van der Waals surface area contributed by atoms with E-state index in [-0.39, 0.29) is 17.9 Å². The van der Waals surface area contributed by atoms with Gasteiger partial charge >= 0.3 is 0 Å². The molecular formula is C22H27N5O2. The van der Waals surface area contributed by atoms with Crippen LogP contribution in [-0.4, -0.2) is 49.7 Å². The fraction of sp³-hybridized carbons (Fsp3) is 0.500. The number of carbonyl (C=O) groups is 2. The zero-order valence-corrected chi connectivity index (χ0v) is 16.9. The van der Waals surface area contributed by atoms with Gasteiger partial charge in [-0.05, 0) is 37.8 Å². The van der Waals surface area contributed by atoms with E-state index in [1.807, 2.05) is 34.2 Å². The summed E-state index contributed by atoms with van der Waals surface area (Å²) >= 11 is 0. The third kappa shape index (κ3) is 4.44. The topological polar surface area (TPSA) is 79.3 Å². The molecule has 0 N–H and O–H groups in total. The first kappa shape index (κ1) is 19.5. The average molecular weight is 393 g/mol. The van der Waals surface area contributed by atoms with Crippen LogP contribution in [0.15, 0.2) is 30.6 Å². The molecular weight excluding hydrogens is 366 g/mol. The molecule has 0 spiro atoms. The molecule has 1 fully saturated rings. The van der Waals surface area contributed by atoms with Crippen molar-refractivity contribution in [2.45, 2.75) is 58.0 Å². The van der Waals surface area contributed by atoms with Crippen LogP contribution in [0.1, 0.15) is 61.4 Å². The van der Waals surface area contributed by atoms with Gasteiger partial charge in [0.05, 0.1) is 11.7 Å². The molecule has 7 nitrogen and oxygen atoms in total. The van der Waals surface area contributed by atoms with Gasteiger partial charge in [0.25, 0.3) is 0 Å². The van der Waals surface area contributed by atoms with Crippen molar-refractivity contribution in [1.82, 2.24) is 24.8 Å². The highest BCUT2D eigenvalue weighted by Crippen LogP contribution is 2.31. The van der Waals surface area contributed by atoms with Crippen LogP contribution >= 0.6 is 0 Å². The van der Waals surface area contributed by atoms with E-state index in [4.69, 9.17) is 4.98 Å². The minimum absolute atomic E-state index is 0.0338. The molecule has 2 amide bonds. The molecule has 152 valence electrons. The second kappa shape index (κ2) is 8.68. The highest BCUT2D eigenvalue weighted by atomic mass is 16.2. The predicted octanol–water partition coefficient (Wildman–Crippen LogP) is 2.46. The van der Waals surface area contributed by atoms with Gasteiger partial charge in [-0.3, -0.25) is 14.6 Å². The fourth-order valence-corrected chi connectivity index (χ4v) is 4.20. The van der Waals surface area contributed by atoms with E-state index in [1.54, 1.807) is 13.1 Å². The number of hydrogen-bond acceptors (Lipinski definition) is 5. The third-order valence-electron chi connectivity index (χ3n) is 5.82. The van der Waals surface area contributed by atoms with E-state index in [2.05, 4.69) is 9.97 Å². The van der Waals surface area contributed by atoms with Gasteiger partial charge in [0.2, 0.25) is 11.8 Å². The van der Waals surface area contributed by atoms with Gasteiger partial charge in [-0.15, -0.1) is 0 Å². The van der Waals surface area contributed by atoms with E-state index in [0.717, 1.165) is 61.4 Å². The number of likely N-dealkylation sites (tertiary alicyclic amines) is 1. The van der Waals surface area contributed by atoms with Gasteiger partial charge in [-0.2, -0.15) is 0 Å². The molecule has 1 saturated heterocycles. The van der Waals surface area contributed by atoms with Crippen LogP contribution < -0.4 is 0 Å². The maximum atomic E-state index is 12.8. The Morgan fingerprint density at radius 2 is 2.10 bits per heavy atom. The zero-order valence-electron chi connectivity index (χ0n) is 16.9. The minimum Gasteiger partial charge on any atom is -0.338 e. The first-order chi connectivity index (χ1) is 14.1. The lowest BCUT2D eigenvalue weighted by molar-refractivity contribution is -0.132. The molecule has 4 heterocycles. The van der Waals surface area contributed by atoms with Gasteiger partial charge in [0.1, 0.15) is 0 Å². The van der Waals surface area contributed by atoms with Crippen molar-refractivity contribution in [2.24, 2.45) is 0 Å². The monoisotopic (exact) mass is 393 g/mol. The summed E-state index contributed by atoms with van der Waals surface area (Å²) in [6.45, 7) is 3.63. The first-order valence-electron chi connectivity index (χ1n) is 10.4. The molecule has 1 unspecified atom stereocenters. The second-order valence-corrected chi connectivity index (χ2v) is 7.81. The predicted molar refractivity (Wildman–Crippen MR) is 108 cm³/mol. The summed E-state index contributed by atoms with van der Waals surface area (Å²) in [5.74, 6) is 1.00. The second-order valence-electron chi connectivity index (χ2n) is 7.81. The summed E-state index contributed by atoms with van der Waals surface area (Å²) in [7, 11) is 0. The van der Waals surface area contributed by atoms with Crippen molar-refractivity contribution < 1.29 is 9.59 Å². The van der Waals surface area contributed by atoms with Crippen LogP contribution in [0, 0.1) is 0 Å². The van der Waals surface area contributed by atoms with Gasteiger partial charge in [0.15, 0.2) is 5.82 Å². The number of hydrogen-bond donors (Lipinski definition) is 0. The lowest BCUT2D eigenvalue weighted by Crippen LogP contribution is -2.36. The molecule has 2 aromatic rings. The molecule has 2 aliphatic rings. The number of carbonyl (C=O) groups excluding carboxylic acids is 2. The summed E-state index contributed by atoms with van der Waals surface area (Å²) in [6, 6.07) is 5.84. The van der Waals surface area contributed by atoms with Crippen molar-refractivity contribution in [2.75, 3.05) is 13.1 Å². The smallest absolute Gasteiger partial charge is 0.223 e. The van der Waals surface area contributed by atoms with Crippen LogP contribution in [0.25, 0.3) is 0 Å². The van der Waals surface area contributed by atoms with Crippen molar-refractivity contribution in [3.8, 4) is 0 Å². The van der Waals surface area contributed by atoms with Gasteiger partial charge in [0, 0.05) is 63.1 Å². The van der Waals surface area contributed by atoms with Crippen LogP contribution in [0.3, 0.4) is 0 Å². The van der Waals surface area contributed by atoms with Crippen LogP contribution in [-0.2, 0) is 29.0 Å². The number of aromatic nitrogens is 3. The van der Waals surface area contributed by atoms with E-state index >= 15 is 0 Å². The largest absolute Gasteiger partial charge is 0.338 e. The molecule has 0 bridgehead atoms. The van der Waals surface area contributed by atoms with Crippen molar-refractivity contribution in [3.63, 3.8) is 0 Å². The standard InChI is InChI=1S/C22H27N5O2/c1-16(28)26-13-10-19-17(15-26)14-24-22(25-19)20-8-5-12-27(20)21(29)9-4-7-18-6-2-3-11-23-18/h2-3,6,11,14,20H,4-5,7-10,12-13,15H2,1H3. The molecule has 0 aliphatic carbocycles. The third-order valence-corrected chi connectivity index (χ3v) is 5.82. The molecule has 2 aliphatic heterocycles. The van der Waals surface area contributed by atoms with Crippen molar-refractivity contribution in [3.05, 3.63) is 53.4 Å². The summed E-state index contributed by atoms with van der Waals surface area (Å²) in [5, 5.41) is 0. The van der Waals surface area contributed by atoms with Gasteiger partial charge < -0.3 is 9.80 Å².